The number of hydrogen-bond donors (Lipinski definition) is 2. The zero-order valence-corrected chi connectivity index (χ0v) is 16.2. The fourth-order valence-corrected chi connectivity index (χ4v) is 3.37. The first kappa shape index (κ1) is 20.5. The molecule has 1 aliphatic rings. The number of carboxylic acids is 1. The third-order valence-electron chi connectivity index (χ3n) is 4.82. The van der Waals surface area contributed by atoms with Crippen LogP contribution in [-0.2, 0) is 9.53 Å². The molecule has 0 atom stereocenters. The minimum atomic E-state index is -1.05. The van der Waals surface area contributed by atoms with Gasteiger partial charge in [0.1, 0.15) is 12.4 Å². The van der Waals surface area contributed by atoms with Gasteiger partial charge in [-0.2, -0.15) is 5.26 Å². The van der Waals surface area contributed by atoms with E-state index in [1.54, 1.807) is 24.3 Å². The summed E-state index contributed by atoms with van der Waals surface area (Å²) in [4.78, 5) is 32.5. The van der Waals surface area contributed by atoms with Crippen molar-refractivity contribution in [3.8, 4) is 6.07 Å². The van der Waals surface area contributed by atoms with Crippen molar-refractivity contribution < 1.29 is 19.4 Å². The van der Waals surface area contributed by atoms with Crippen LogP contribution in [0.2, 0.25) is 0 Å². The third kappa shape index (κ3) is 4.99. The highest BCUT2D eigenvalue weighted by atomic mass is 16.5. The average molecular weight is 397 g/mol. The van der Waals surface area contributed by atoms with Crippen LogP contribution < -0.4 is 10.2 Å². The Labute approximate surface area is 168 Å². The van der Waals surface area contributed by atoms with Crippen LogP contribution in [0.25, 0.3) is 10.9 Å². The zero-order valence-electron chi connectivity index (χ0n) is 16.2. The Morgan fingerprint density at radius 2 is 2.03 bits per heavy atom. The molecule has 2 aromatic rings. The van der Waals surface area contributed by atoms with Gasteiger partial charge in [0.25, 0.3) is 0 Å². The molecular weight excluding hydrogens is 374 g/mol. The lowest BCUT2D eigenvalue weighted by Crippen LogP contribution is -2.46. The Morgan fingerprint density at radius 1 is 1.28 bits per heavy atom. The monoisotopic (exact) mass is 397 g/mol. The number of anilines is 2. The van der Waals surface area contributed by atoms with E-state index in [2.05, 4.69) is 26.2 Å². The molecule has 29 heavy (non-hydrogen) atoms. The molecule has 0 spiro atoms. The van der Waals surface area contributed by atoms with E-state index in [1.165, 1.54) is 7.11 Å². The molecule has 0 radical (unpaired) electrons. The number of pyridine rings is 1. The maximum Gasteiger partial charge on any atom is 0.336 e. The summed E-state index contributed by atoms with van der Waals surface area (Å²) < 4.78 is 4.79. The molecule has 0 saturated carbocycles. The number of benzene rings is 1. The van der Waals surface area contributed by atoms with E-state index in [0.717, 1.165) is 19.6 Å². The lowest BCUT2D eigenvalue weighted by atomic mass is 10.1. The number of aromatic nitrogens is 1. The van der Waals surface area contributed by atoms with Crippen molar-refractivity contribution in [3.63, 3.8) is 0 Å². The molecule has 9 nitrogen and oxygen atoms in total. The molecule has 1 aliphatic heterocycles. The number of methoxy groups -OCH3 is 1. The molecule has 2 N–H and O–H groups in total. The number of aromatic carboxylic acids is 1. The molecule has 152 valence electrons. The number of hydrogen-bond acceptors (Lipinski definition) is 7. The summed E-state index contributed by atoms with van der Waals surface area (Å²) in [7, 11) is 1.43. The van der Waals surface area contributed by atoms with Crippen molar-refractivity contribution in [2.75, 3.05) is 56.7 Å². The van der Waals surface area contributed by atoms with Crippen LogP contribution in [0, 0.1) is 11.3 Å². The molecule has 0 aliphatic carbocycles. The van der Waals surface area contributed by atoms with Crippen LogP contribution in [0.15, 0.2) is 24.3 Å². The van der Waals surface area contributed by atoms with Gasteiger partial charge in [-0.25, -0.2) is 9.78 Å². The van der Waals surface area contributed by atoms with Gasteiger partial charge in [-0.05, 0) is 24.3 Å². The predicted octanol–water partition coefficient (Wildman–Crippen LogP) is 1.55. The highest BCUT2D eigenvalue weighted by Crippen LogP contribution is 2.26. The minimum Gasteiger partial charge on any atom is -0.478 e. The van der Waals surface area contributed by atoms with Crippen molar-refractivity contribution in [1.29, 1.82) is 5.26 Å². The van der Waals surface area contributed by atoms with Gasteiger partial charge in [-0.1, -0.05) is 0 Å². The number of amides is 1. The number of piperazine rings is 1. The molecule has 1 saturated heterocycles. The SMILES string of the molecule is COCC(=O)Nc1ccc2nc(N3CCN(CCC#N)CC3)cc(C(=O)O)c2c1. The van der Waals surface area contributed by atoms with Gasteiger partial charge in [-0.3, -0.25) is 9.69 Å². The highest BCUT2D eigenvalue weighted by molar-refractivity contribution is 6.05. The summed E-state index contributed by atoms with van der Waals surface area (Å²) >= 11 is 0. The standard InChI is InChI=1S/C20H23N5O4/c1-29-13-19(26)22-14-3-4-17-15(11-14)16(20(27)28)12-18(23-17)25-9-7-24(8-10-25)6-2-5-21/h3-4,11-12H,2,6-10,13H2,1H3,(H,22,26)(H,27,28). The molecule has 0 unspecified atom stereocenters. The fraction of sp³-hybridized carbons (Fsp3) is 0.400. The van der Waals surface area contributed by atoms with Gasteiger partial charge in [0.15, 0.2) is 0 Å². The first-order chi connectivity index (χ1) is 14.0. The smallest absolute Gasteiger partial charge is 0.336 e. The second kappa shape index (κ2) is 9.32. The Hall–Kier alpha value is -3.22. The number of carboxylic acid groups (broad SMARTS) is 1. The molecular formula is C20H23N5O4. The first-order valence-electron chi connectivity index (χ1n) is 9.33. The van der Waals surface area contributed by atoms with Crippen LogP contribution >= 0.6 is 0 Å². The van der Waals surface area contributed by atoms with Crippen molar-refractivity contribution >= 4 is 34.3 Å². The second-order valence-corrected chi connectivity index (χ2v) is 6.78. The van der Waals surface area contributed by atoms with Gasteiger partial charge in [-0.15, -0.1) is 0 Å². The Morgan fingerprint density at radius 3 is 2.69 bits per heavy atom. The number of rotatable bonds is 7. The van der Waals surface area contributed by atoms with Crippen LogP contribution in [0.5, 0.6) is 0 Å². The van der Waals surface area contributed by atoms with Gasteiger partial charge in [0, 0.05) is 57.3 Å². The fourth-order valence-electron chi connectivity index (χ4n) is 3.37. The number of carbonyl (C=O) groups excluding carboxylic acids is 1. The first-order valence-corrected chi connectivity index (χ1v) is 9.33. The Balaban J connectivity index is 1.85. The largest absolute Gasteiger partial charge is 0.478 e. The summed E-state index contributed by atoms with van der Waals surface area (Å²) in [6, 6.07) is 8.75. The maximum absolute atomic E-state index is 11.9. The van der Waals surface area contributed by atoms with Crippen molar-refractivity contribution in [2.24, 2.45) is 0 Å². The van der Waals surface area contributed by atoms with E-state index in [0.29, 0.717) is 41.9 Å². The molecule has 1 aromatic carbocycles. The third-order valence-corrected chi connectivity index (χ3v) is 4.82. The Bertz CT molecular complexity index is 948. The summed E-state index contributed by atoms with van der Waals surface area (Å²) in [5.41, 5.74) is 1.18. The molecule has 1 fully saturated rings. The quantitative estimate of drug-likeness (QED) is 0.722. The average Bonchev–Trinajstić information content (AvgIpc) is 2.72. The van der Waals surface area contributed by atoms with Gasteiger partial charge in [0.2, 0.25) is 5.91 Å². The van der Waals surface area contributed by atoms with Crippen LogP contribution in [0.1, 0.15) is 16.8 Å². The molecule has 1 amide bonds. The highest BCUT2D eigenvalue weighted by Gasteiger charge is 2.21. The number of ether oxygens (including phenoxy) is 1. The molecule has 9 heteroatoms. The number of fused-ring (bicyclic) bond motifs is 1. The minimum absolute atomic E-state index is 0.0820. The number of nitriles is 1. The molecule has 3 rings (SSSR count). The maximum atomic E-state index is 11.9. The Kier molecular flexibility index (Phi) is 6.59. The normalized spacial score (nSPS) is 14.6. The van der Waals surface area contributed by atoms with E-state index in [4.69, 9.17) is 10.00 Å². The second-order valence-electron chi connectivity index (χ2n) is 6.78. The van der Waals surface area contributed by atoms with E-state index >= 15 is 0 Å². The van der Waals surface area contributed by atoms with Crippen molar-refractivity contribution in [3.05, 3.63) is 29.8 Å². The summed E-state index contributed by atoms with van der Waals surface area (Å²) in [6.45, 7) is 3.69. The molecule has 0 bridgehead atoms. The lowest BCUT2D eigenvalue weighted by Gasteiger charge is -2.35. The van der Waals surface area contributed by atoms with Crippen LogP contribution in [0.3, 0.4) is 0 Å². The van der Waals surface area contributed by atoms with E-state index in [1.807, 2.05) is 0 Å². The van der Waals surface area contributed by atoms with Gasteiger partial charge >= 0.3 is 5.97 Å². The molecule has 1 aromatic heterocycles. The van der Waals surface area contributed by atoms with Crippen molar-refractivity contribution in [2.45, 2.75) is 6.42 Å². The van der Waals surface area contributed by atoms with E-state index in [9.17, 15) is 14.7 Å². The van der Waals surface area contributed by atoms with Crippen LogP contribution in [0.4, 0.5) is 11.5 Å². The van der Waals surface area contributed by atoms with Gasteiger partial charge < -0.3 is 20.1 Å². The number of carbonyl (C=O) groups is 2. The van der Waals surface area contributed by atoms with Gasteiger partial charge in [0.05, 0.1) is 17.1 Å². The summed E-state index contributed by atoms with van der Waals surface area (Å²) in [6.07, 6.45) is 0.501. The lowest BCUT2D eigenvalue weighted by molar-refractivity contribution is -0.119. The number of nitrogens with zero attached hydrogens (tertiary/aromatic N) is 4. The zero-order chi connectivity index (χ0) is 20.8. The summed E-state index contributed by atoms with van der Waals surface area (Å²) in [5.74, 6) is -0.750. The van der Waals surface area contributed by atoms with Crippen LogP contribution in [-0.4, -0.2) is 73.3 Å². The predicted molar refractivity (Wildman–Crippen MR) is 108 cm³/mol. The van der Waals surface area contributed by atoms with E-state index < -0.39 is 5.97 Å². The van der Waals surface area contributed by atoms with E-state index in [-0.39, 0.29) is 18.1 Å². The topological polar surface area (TPSA) is 119 Å². The van der Waals surface area contributed by atoms with Crippen molar-refractivity contribution in [1.82, 2.24) is 9.88 Å². The number of nitrogens with one attached hydrogen (secondary N) is 1. The summed E-state index contributed by atoms with van der Waals surface area (Å²) in [5, 5.41) is 21.6. The molecule has 2 heterocycles.